The van der Waals surface area contributed by atoms with Gasteiger partial charge in [-0.3, -0.25) is 0 Å². The first-order chi connectivity index (χ1) is 9.04. The van der Waals surface area contributed by atoms with E-state index in [2.05, 4.69) is 21.1 Å². The zero-order valence-electron chi connectivity index (χ0n) is 10.1. The number of benzene rings is 1. The van der Waals surface area contributed by atoms with Crippen molar-refractivity contribution < 1.29 is 18.8 Å². The van der Waals surface area contributed by atoms with Gasteiger partial charge in [-0.1, -0.05) is 28.0 Å². The van der Waals surface area contributed by atoms with Crippen molar-refractivity contribution in [2.45, 2.75) is 19.8 Å². The van der Waals surface area contributed by atoms with Crippen molar-refractivity contribution in [1.82, 2.24) is 5.16 Å². The Morgan fingerprint density at radius 3 is 2.84 bits per heavy atom. The highest BCUT2D eigenvalue weighted by Crippen LogP contribution is 2.30. The first-order valence-corrected chi connectivity index (χ1v) is 6.51. The normalized spacial score (nSPS) is 10.7. The van der Waals surface area contributed by atoms with Gasteiger partial charge < -0.3 is 9.63 Å². The number of halogens is 2. The fourth-order valence-electron chi connectivity index (χ4n) is 1.81. The lowest BCUT2D eigenvalue weighted by atomic mass is 10.0. The van der Waals surface area contributed by atoms with E-state index in [1.165, 1.54) is 12.1 Å². The minimum atomic E-state index is -1.16. The molecule has 0 saturated carbocycles. The van der Waals surface area contributed by atoms with Crippen LogP contribution in [-0.4, -0.2) is 16.2 Å². The summed E-state index contributed by atoms with van der Waals surface area (Å²) in [5.41, 5.74) is 0.0794. The molecule has 1 aromatic carbocycles. The third-order valence-electron chi connectivity index (χ3n) is 2.64. The molecule has 0 aliphatic rings. The monoisotopic (exact) mass is 327 g/mol. The van der Waals surface area contributed by atoms with E-state index in [1.807, 2.05) is 6.92 Å². The maximum Gasteiger partial charge on any atom is 0.341 e. The Hall–Kier alpha value is -1.69. The number of nitrogens with zero attached hydrogens (tertiary/aromatic N) is 1. The Bertz CT molecular complexity index is 624. The van der Waals surface area contributed by atoms with Crippen molar-refractivity contribution in [3.05, 3.63) is 39.8 Å². The third kappa shape index (κ3) is 2.68. The second-order valence-corrected chi connectivity index (χ2v) is 4.92. The van der Waals surface area contributed by atoms with Gasteiger partial charge in [-0.2, -0.15) is 0 Å². The number of rotatable bonds is 4. The van der Waals surface area contributed by atoms with E-state index >= 15 is 0 Å². The summed E-state index contributed by atoms with van der Waals surface area (Å²) in [6.07, 6.45) is 1.17. The van der Waals surface area contributed by atoms with E-state index in [1.54, 1.807) is 6.07 Å². The van der Waals surface area contributed by atoms with E-state index < -0.39 is 11.8 Å². The van der Waals surface area contributed by atoms with Crippen molar-refractivity contribution in [1.29, 1.82) is 0 Å². The quantitative estimate of drug-likeness (QED) is 0.925. The van der Waals surface area contributed by atoms with Gasteiger partial charge in [0.2, 0.25) is 0 Å². The number of carboxylic acid groups (broad SMARTS) is 1. The van der Waals surface area contributed by atoms with Gasteiger partial charge in [0.1, 0.15) is 17.1 Å². The highest BCUT2D eigenvalue weighted by Gasteiger charge is 2.24. The number of hydrogen-bond donors (Lipinski definition) is 1. The predicted octanol–water partition coefficient (Wildman–Crippen LogP) is 3.89. The van der Waals surface area contributed by atoms with E-state index in [-0.39, 0.29) is 22.6 Å². The summed E-state index contributed by atoms with van der Waals surface area (Å²) in [5, 5.41) is 12.9. The lowest BCUT2D eigenvalue weighted by Crippen LogP contribution is -2.02. The van der Waals surface area contributed by atoms with Crippen LogP contribution >= 0.6 is 15.9 Å². The SMILES string of the molecule is CCCc1onc(-c2ccc(Br)cc2F)c1C(=O)O. The smallest absolute Gasteiger partial charge is 0.341 e. The summed E-state index contributed by atoms with van der Waals surface area (Å²) in [4.78, 5) is 11.3. The van der Waals surface area contributed by atoms with E-state index in [0.29, 0.717) is 10.9 Å². The van der Waals surface area contributed by atoms with Gasteiger partial charge in [0, 0.05) is 16.5 Å². The third-order valence-corrected chi connectivity index (χ3v) is 3.13. The van der Waals surface area contributed by atoms with Gasteiger partial charge >= 0.3 is 5.97 Å². The fraction of sp³-hybridized carbons (Fsp3) is 0.231. The molecule has 1 aromatic heterocycles. The molecule has 100 valence electrons. The molecule has 1 N–H and O–H groups in total. The average molecular weight is 328 g/mol. The van der Waals surface area contributed by atoms with Crippen LogP contribution in [0.2, 0.25) is 0 Å². The van der Waals surface area contributed by atoms with Gasteiger partial charge in [0.05, 0.1) is 0 Å². The fourth-order valence-corrected chi connectivity index (χ4v) is 2.14. The van der Waals surface area contributed by atoms with Crippen molar-refractivity contribution in [2.75, 3.05) is 0 Å². The lowest BCUT2D eigenvalue weighted by Gasteiger charge is -2.01. The van der Waals surface area contributed by atoms with E-state index in [0.717, 1.165) is 6.42 Å². The Balaban J connectivity index is 2.58. The standard InChI is InChI=1S/C13H11BrFNO3/c1-2-3-10-11(13(17)18)12(16-19-10)8-5-4-7(14)6-9(8)15/h4-6H,2-3H2,1H3,(H,17,18). The molecule has 0 unspecified atom stereocenters. The van der Waals surface area contributed by atoms with Crippen LogP contribution in [0.25, 0.3) is 11.3 Å². The van der Waals surface area contributed by atoms with Crippen LogP contribution < -0.4 is 0 Å². The van der Waals surface area contributed by atoms with Crippen LogP contribution in [0.4, 0.5) is 4.39 Å². The van der Waals surface area contributed by atoms with Crippen molar-refractivity contribution >= 4 is 21.9 Å². The summed E-state index contributed by atoms with van der Waals surface area (Å²) >= 11 is 3.15. The Morgan fingerprint density at radius 1 is 1.53 bits per heavy atom. The Kier molecular flexibility index (Phi) is 3.99. The summed E-state index contributed by atoms with van der Waals surface area (Å²) in [6.45, 7) is 1.90. The van der Waals surface area contributed by atoms with Crippen LogP contribution in [-0.2, 0) is 6.42 Å². The number of carbonyl (C=O) groups is 1. The molecule has 0 saturated heterocycles. The van der Waals surface area contributed by atoms with Gasteiger partial charge in [-0.15, -0.1) is 0 Å². The highest BCUT2D eigenvalue weighted by atomic mass is 79.9. The topological polar surface area (TPSA) is 63.3 Å². The molecule has 0 atom stereocenters. The first kappa shape index (κ1) is 13.7. The maximum atomic E-state index is 13.9. The molecule has 6 heteroatoms. The molecular formula is C13H11BrFNO3. The molecular weight excluding hydrogens is 317 g/mol. The predicted molar refractivity (Wildman–Crippen MR) is 70.6 cm³/mol. The largest absolute Gasteiger partial charge is 0.477 e. The van der Waals surface area contributed by atoms with Crippen LogP contribution in [0.3, 0.4) is 0 Å². The number of hydrogen-bond acceptors (Lipinski definition) is 3. The molecule has 0 aliphatic heterocycles. The van der Waals surface area contributed by atoms with Gasteiger partial charge in [0.15, 0.2) is 5.76 Å². The minimum absolute atomic E-state index is 0.0287. The molecule has 0 fully saturated rings. The van der Waals surface area contributed by atoms with Crippen LogP contribution in [0.5, 0.6) is 0 Å². The average Bonchev–Trinajstić information content (AvgIpc) is 2.73. The first-order valence-electron chi connectivity index (χ1n) is 5.71. The summed E-state index contributed by atoms with van der Waals surface area (Å²) in [5.74, 6) is -1.44. The summed E-state index contributed by atoms with van der Waals surface area (Å²) in [7, 11) is 0. The lowest BCUT2D eigenvalue weighted by molar-refractivity contribution is 0.0695. The van der Waals surface area contributed by atoms with Crippen LogP contribution in [0.1, 0.15) is 29.5 Å². The molecule has 0 spiro atoms. The van der Waals surface area contributed by atoms with Crippen LogP contribution in [0, 0.1) is 5.82 Å². The molecule has 0 bridgehead atoms. The van der Waals surface area contributed by atoms with Gasteiger partial charge in [-0.05, 0) is 24.6 Å². The second kappa shape index (κ2) is 5.52. The number of carboxylic acids is 1. The number of aryl methyl sites for hydroxylation is 1. The molecule has 0 amide bonds. The molecule has 2 aromatic rings. The van der Waals surface area contributed by atoms with E-state index in [9.17, 15) is 14.3 Å². The minimum Gasteiger partial charge on any atom is -0.477 e. The molecule has 19 heavy (non-hydrogen) atoms. The van der Waals surface area contributed by atoms with Gasteiger partial charge in [0.25, 0.3) is 0 Å². The molecule has 2 rings (SSSR count). The van der Waals surface area contributed by atoms with Crippen molar-refractivity contribution in [3.8, 4) is 11.3 Å². The zero-order valence-corrected chi connectivity index (χ0v) is 11.7. The second-order valence-electron chi connectivity index (χ2n) is 4.01. The number of aromatic nitrogens is 1. The van der Waals surface area contributed by atoms with Crippen LogP contribution in [0.15, 0.2) is 27.2 Å². The Morgan fingerprint density at radius 2 is 2.26 bits per heavy atom. The molecule has 0 radical (unpaired) electrons. The van der Waals surface area contributed by atoms with Crippen molar-refractivity contribution in [2.24, 2.45) is 0 Å². The summed E-state index contributed by atoms with van der Waals surface area (Å²) < 4.78 is 19.5. The molecule has 4 nitrogen and oxygen atoms in total. The Labute approximate surface area is 117 Å². The van der Waals surface area contributed by atoms with E-state index in [4.69, 9.17) is 4.52 Å². The molecule has 1 heterocycles. The number of aromatic carboxylic acids is 1. The summed E-state index contributed by atoms with van der Waals surface area (Å²) in [6, 6.07) is 4.35. The van der Waals surface area contributed by atoms with Crippen molar-refractivity contribution in [3.63, 3.8) is 0 Å². The highest BCUT2D eigenvalue weighted by molar-refractivity contribution is 9.10. The van der Waals surface area contributed by atoms with Gasteiger partial charge in [-0.25, -0.2) is 9.18 Å². The zero-order chi connectivity index (χ0) is 14.0. The maximum absolute atomic E-state index is 13.9. The molecule has 0 aliphatic carbocycles.